The van der Waals surface area contributed by atoms with E-state index in [4.69, 9.17) is 5.73 Å². The molecule has 0 spiro atoms. The van der Waals surface area contributed by atoms with Crippen LogP contribution in [0.2, 0.25) is 0 Å². The van der Waals surface area contributed by atoms with Crippen LogP contribution in [-0.2, 0) is 9.59 Å². The summed E-state index contributed by atoms with van der Waals surface area (Å²) in [6.07, 6.45) is 2.91. The van der Waals surface area contributed by atoms with Gasteiger partial charge < -0.3 is 16.4 Å². The Bertz CT molecular complexity index is 219. The molecule has 0 radical (unpaired) electrons. The van der Waals surface area contributed by atoms with Crippen LogP contribution in [-0.4, -0.2) is 37.9 Å². The summed E-state index contributed by atoms with van der Waals surface area (Å²) in [7, 11) is 1.89. The van der Waals surface area contributed by atoms with Crippen molar-refractivity contribution in [3.05, 3.63) is 0 Å². The van der Waals surface area contributed by atoms with Gasteiger partial charge in [0, 0.05) is 13.0 Å². The normalized spacial score (nSPS) is 12.2. The molecule has 0 bridgehead atoms. The summed E-state index contributed by atoms with van der Waals surface area (Å²) in [5.41, 5.74) is 5.27. The van der Waals surface area contributed by atoms with Gasteiger partial charge in [-0.1, -0.05) is 0 Å². The molecule has 0 saturated carbocycles. The summed E-state index contributed by atoms with van der Waals surface area (Å²) in [6, 6.07) is -0.351. The number of hydrogen-bond donors (Lipinski definition) is 3. The molecule has 5 nitrogen and oxygen atoms in total. The van der Waals surface area contributed by atoms with Gasteiger partial charge >= 0.3 is 0 Å². The summed E-state index contributed by atoms with van der Waals surface area (Å²) in [5, 5.41) is 5.75. The van der Waals surface area contributed by atoms with Gasteiger partial charge in [0.1, 0.15) is 0 Å². The Hall–Kier alpha value is -0.940. The lowest BCUT2D eigenvalue weighted by Crippen LogP contribution is -2.40. The largest absolute Gasteiger partial charge is 0.346 e. The second kappa shape index (κ2) is 9.30. The fraction of sp³-hybridized carbons (Fsp3) is 0.818. The van der Waals surface area contributed by atoms with Gasteiger partial charge in [-0.25, -0.2) is 0 Å². The third-order valence-electron chi connectivity index (χ3n) is 2.37. The van der Waals surface area contributed by atoms with E-state index >= 15 is 0 Å². The van der Waals surface area contributed by atoms with E-state index in [1.807, 2.05) is 7.05 Å². The van der Waals surface area contributed by atoms with Gasteiger partial charge in [-0.15, -0.1) is 0 Å². The minimum absolute atomic E-state index is 0.00910. The summed E-state index contributed by atoms with van der Waals surface area (Å²) >= 11 is 0. The van der Waals surface area contributed by atoms with Gasteiger partial charge in [-0.2, -0.15) is 0 Å². The number of carbonyl (C=O) groups excluding carboxylic acids is 2. The van der Waals surface area contributed by atoms with Crippen molar-refractivity contribution in [2.75, 3.05) is 20.1 Å². The van der Waals surface area contributed by atoms with Crippen molar-refractivity contribution >= 4 is 11.7 Å². The molecule has 0 aliphatic heterocycles. The Morgan fingerprint density at radius 1 is 1.31 bits per heavy atom. The van der Waals surface area contributed by atoms with Crippen LogP contribution in [0, 0.1) is 0 Å². The molecule has 0 aliphatic rings. The van der Waals surface area contributed by atoms with Gasteiger partial charge in [0.05, 0.1) is 6.04 Å². The number of nitrogens with two attached hydrogens (primary N) is 1. The highest BCUT2D eigenvalue weighted by atomic mass is 16.2. The summed E-state index contributed by atoms with van der Waals surface area (Å²) in [4.78, 5) is 22.6. The zero-order chi connectivity index (χ0) is 12.4. The molecule has 0 aromatic heterocycles. The lowest BCUT2D eigenvalue weighted by Gasteiger charge is -2.15. The van der Waals surface area contributed by atoms with Crippen molar-refractivity contribution in [1.82, 2.24) is 10.6 Å². The number of carbonyl (C=O) groups is 2. The van der Waals surface area contributed by atoms with E-state index in [-0.39, 0.29) is 24.2 Å². The molecule has 1 amide bonds. The minimum atomic E-state index is -0.351. The van der Waals surface area contributed by atoms with Gasteiger partial charge in [-0.3, -0.25) is 9.59 Å². The number of rotatable bonds is 9. The van der Waals surface area contributed by atoms with E-state index in [0.29, 0.717) is 13.0 Å². The zero-order valence-corrected chi connectivity index (χ0v) is 10.2. The van der Waals surface area contributed by atoms with E-state index in [9.17, 15) is 9.59 Å². The standard InChI is InChI=1S/C11H23N3O2/c1-9(15)10(5-3-4-8-13-2)14-11(16)6-7-12/h10,13H,3-8,12H2,1-2H3,(H,14,16). The monoisotopic (exact) mass is 229 g/mol. The number of ketones is 1. The predicted molar refractivity (Wildman–Crippen MR) is 64.1 cm³/mol. The van der Waals surface area contributed by atoms with Crippen molar-refractivity contribution in [1.29, 1.82) is 0 Å². The molecule has 0 aromatic rings. The lowest BCUT2D eigenvalue weighted by atomic mass is 10.1. The highest BCUT2D eigenvalue weighted by Crippen LogP contribution is 2.02. The second-order valence-corrected chi connectivity index (χ2v) is 3.87. The van der Waals surface area contributed by atoms with E-state index < -0.39 is 0 Å². The van der Waals surface area contributed by atoms with Gasteiger partial charge in [0.15, 0.2) is 5.78 Å². The van der Waals surface area contributed by atoms with Crippen LogP contribution in [0.1, 0.15) is 32.6 Å². The molecule has 0 fully saturated rings. The number of nitrogens with one attached hydrogen (secondary N) is 2. The number of hydrogen-bond acceptors (Lipinski definition) is 4. The van der Waals surface area contributed by atoms with Crippen LogP contribution in [0.4, 0.5) is 0 Å². The second-order valence-electron chi connectivity index (χ2n) is 3.87. The zero-order valence-electron chi connectivity index (χ0n) is 10.2. The molecule has 5 heteroatoms. The molecule has 16 heavy (non-hydrogen) atoms. The Kier molecular flexibility index (Phi) is 8.75. The maximum absolute atomic E-state index is 11.3. The SMILES string of the molecule is CNCCCCC(NC(=O)CCN)C(C)=O. The van der Waals surface area contributed by atoms with Crippen LogP contribution in [0.5, 0.6) is 0 Å². The fourth-order valence-electron chi connectivity index (χ4n) is 1.42. The van der Waals surface area contributed by atoms with Crippen LogP contribution < -0.4 is 16.4 Å². The van der Waals surface area contributed by atoms with Crippen LogP contribution in [0.25, 0.3) is 0 Å². The Balaban J connectivity index is 3.88. The molecule has 94 valence electrons. The average molecular weight is 229 g/mol. The van der Waals surface area contributed by atoms with Crippen LogP contribution >= 0.6 is 0 Å². The Morgan fingerprint density at radius 3 is 2.50 bits per heavy atom. The van der Waals surface area contributed by atoms with Crippen molar-refractivity contribution < 1.29 is 9.59 Å². The number of Topliss-reactive ketones (excluding diaryl/α,β-unsaturated/α-hetero) is 1. The maximum atomic E-state index is 11.3. The van der Waals surface area contributed by atoms with Gasteiger partial charge in [0.2, 0.25) is 5.91 Å². The molecular formula is C11H23N3O2. The first kappa shape index (κ1) is 15.1. The third-order valence-corrected chi connectivity index (χ3v) is 2.37. The third kappa shape index (κ3) is 7.36. The summed E-state index contributed by atoms with van der Waals surface area (Å²) in [5.74, 6) is -0.133. The minimum Gasteiger partial charge on any atom is -0.346 e. The highest BCUT2D eigenvalue weighted by Gasteiger charge is 2.15. The summed E-state index contributed by atoms with van der Waals surface area (Å²) < 4.78 is 0. The van der Waals surface area contributed by atoms with Crippen molar-refractivity contribution in [3.63, 3.8) is 0 Å². The molecular weight excluding hydrogens is 206 g/mol. The van der Waals surface area contributed by atoms with Crippen molar-refractivity contribution in [3.8, 4) is 0 Å². The van der Waals surface area contributed by atoms with E-state index in [1.54, 1.807) is 0 Å². The smallest absolute Gasteiger partial charge is 0.221 e. The quantitative estimate of drug-likeness (QED) is 0.478. The molecule has 0 aromatic carbocycles. The number of amides is 1. The molecule has 0 rings (SSSR count). The fourth-order valence-corrected chi connectivity index (χ4v) is 1.42. The summed E-state index contributed by atoms with van der Waals surface area (Å²) in [6.45, 7) is 2.75. The molecule has 0 heterocycles. The van der Waals surface area contributed by atoms with E-state index in [2.05, 4.69) is 10.6 Å². The maximum Gasteiger partial charge on any atom is 0.221 e. The van der Waals surface area contributed by atoms with E-state index in [1.165, 1.54) is 6.92 Å². The Labute approximate surface area is 97.2 Å². The molecule has 1 atom stereocenters. The first-order valence-corrected chi connectivity index (χ1v) is 5.76. The van der Waals surface area contributed by atoms with Gasteiger partial charge in [0.25, 0.3) is 0 Å². The first-order valence-electron chi connectivity index (χ1n) is 5.76. The highest BCUT2D eigenvalue weighted by molar-refractivity contribution is 5.87. The molecule has 0 aliphatic carbocycles. The molecule has 0 saturated heterocycles. The Morgan fingerprint density at radius 2 is 2.00 bits per heavy atom. The topological polar surface area (TPSA) is 84.2 Å². The van der Waals surface area contributed by atoms with Crippen LogP contribution in [0.3, 0.4) is 0 Å². The van der Waals surface area contributed by atoms with Gasteiger partial charge in [-0.05, 0) is 39.8 Å². The number of unbranched alkanes of at least 4 members (excludes halogenated alkanes) is 1. The van der Waals surface area contributed by atoms with E-state index in [0.717, 1.165) is 19.4 Å². The van der Waals surface area contributed by atoms with Crippen LogP contribution in [0.15, 0.2) is 0 Å². The first-order chi connectivity index (χ1) is 7.61. The molecule has 1 unspecified atom stereocenters. The predicted octanol–water partition coefficient (Wildman–Crippen LogP) is -0.201. The lowest BCUT2D eigenvalue weighted by molar-refractivity contribution is -0.126. The average Bonchev–Trinajstić information content (AvgIpc) is 2.22. The van der Waals surface area contributed by atoms with Crippen molar-refractivity contribution in [2.45, 2.75) is 38.6 Å². The molecule has 4 N–H and O–H groups in total. The van der Waals surface area contributed by atoms with Crippen molar-refractivity contribution in [2.24, 2.45) is 5.73 Å².